The number of nitrogens with two attached hydrogens (primary N) is 1. The zero-order chi connectivity index (χ0) is 22.3. The summed E-state index contributed by atoms with van der Waals surface area (Å²) in [6.45, 7) is 1.76. The molecule has 10 heteroatoms. The summed E-state index contributed by atoms with van der Waals surface area (Å²) in [6, 6.07) is 10.9. The van der Waals surface area contributed by atoms with Crippen LogP contribution >= 0.6 is 0 Å². The van der Waals surface area contributed by atoms with Gasteiger partial charge in [-0.2, -0.15) is 5.26 Å². The first-order chi connectivity index (χ1) is 14.9. The van der Waals surface area contributed by atoms with Gasteiger partial charge in [0.15, 0.2) is 11.5 Å². The predicted molar refractivity (Wildman–Crippen MR) is 108 cm³/mol. The summed E-state index contributed by atoms with van der Waals surface area (Å²) in [5.74, 6) is -2.11. The number of allylic oxidation sites excluding steroid dienone is 1. The minimum atomic E-state index is -1.13. The number of aromatic hydroxyl groups is 1. The second-order valence-electron chi connectivity index (χ2n) is 6.63. The largest absolute Gasteiger partial charge is 0.500 e. The molecule has 0 amide bonds. The molecular formula is C21H15N3O7. The van der Waals surface area contributed by atoms with Crippen LogP contribution in [0.15, 0.2) is 57.1 Å². The number of hydrogen-bond acceptors (Lipinski definition) is 9. The molecule has 4 rings (SSSR count). The number of nitriles is 1. The maximum Gasteiger partial charge on any atom is 0.344 e. The van der Waals surface area contributed by atoms with Crippen molar-refractivity contribution >= 4 is 16.7 Å². The van der Waals surface area contributed by atoms with Crippen LogP contribution in [0, 0.1) is 21.4 Å². The van der Waals surface area contributed by atoms with Crippen molar-refractivity contribution in [2.75, 3.05) is 6.61 Å². The van der Waals surface area contributed by atoms with Gasteiger partial charge in [0.2, 0.25) is 11.6 Å². The predicted octanol–water partition coefficient (Wildman–Crippen LogP) is 3.02. The van der Waals surface area contributed by atoms with E-state index in [1.54, 1.807) is 31.2 Å². The minimum Gasteiger partial charge on any atom is -0.500 e. The molecule has 31 heavy (non-hydrogen) atoms. The van der Waals surface area contributed by atoms with Crippen LogP contribution in [0.2, 0.25) is 0 Å². The van der Waals surface area contributed by atoms with Crippen LogP contribution in [0.25, 0.3) is 11.0 Å². The van der Waals surface area contributed by atoms with Crippen LogP contribution in [0.5, 0.6) is 17.2 Å². The lowest BCUT2D eigenvalue weighted by Crippen LogP contribution is -2.26. The number of para-hydroxylation sites is 1. The van der Waals surface area contributed by atoms with Crippen molar-refractivity contribution in [2.24, 2.45) is 5.73 Å². The van der Waals surface area contributed by atoms with Gasteiger partial charge in [0.25, 0.3) is 0 Å². The summed E-state index contributed by atoms with van der Waals surface area (Å²) in [6.07, 6.45) is 0. The van der Waals surface area contributed by atoms with Crippen LogP contribution in [-0.2, 0) is 0 Å². The number of benzene rings is 2. The molecular weight excluding hydrogens is 406 g/mol. The molecule has 1 aliphatic heterocycles. The topological polar surface area (TPSA) is 162 Å². The highest BCUT2D eigenvalue weighted by Gasteiger charge is 2.37. The Hall–Kier alpha value is -4.52. The molecule has 1 unspecified atom stereocenters. The summed E-state index contributed by atoms with van der Waals surface area (Å²) in [5, 5.41) is 31.9. The third-order valence-corrected chi connectivity index (χ3v) is 4.88. The van der Waals surface area contributed by atoms with E-state index in [2.05, 4.69) is 0 Å². The number of fused-ring (bicyclic) bond motifs is 3. The van der Waals surface area contributed by atoms with Gasteiger partial charge in [-0.25, -0.2) is 4.79 Å². The van der Waals surface area contributed by atoms with E-state index < -0.39 is 27.9 Å². The Kier molecular flexibility index (Phi) is 4.71. The number of phenols is 1. The molecule has 0 saturated heterocycles. The molecule has 0 aliphatic carbocycles. The molecule has 3 N–H and O–H groups in total. The van der Waals surface area contributed by atoms with Gasteiger partial charge in [0.05, 0.1) is 28.4 Å². The summed E-state index contributed by atoms with van der Waals surface area (Å²) in [4.78, 5) is 23.6. The van der Waals surface area contributed by atoms with Gasteiger partial charge >= 0.3 is 11.3 Å². The highest BCUT2D eigenvalue weighted by molar-refractivity contribution is 5.86. The minimum absolute atomic E-state index is 0.0353. The van der Waals surface area contributed by atoms with Crippen LogP contribution in [0.3, 0.4) is 0 Å². The third-order valence-electron chi connectivity index (χ3n) is 4.88. The molecule has 0 fully saturated rings. The molecule has 0 radical (unpaired) electrons. The molecule has 1 aromatic heterocycles. The Balaban J connectivity index is 2.08. The van der Waals surface area contributed by atoms with E-state index in [0.717, 1.165) is 6.07 Å². The maximum absolute atomic E-state index is 12.9. The highest BCUT2D eigenvalue weighted by Crippen LogP contribution is 2.47. The molecule has 2 heterocycles. The van der Waals surface area contributed by atoms with Gasteiger partial charge in [-0.3, -0.25) is 10.1 Å². The van der Waals surface area contributed by atoms with Crippen LogP contribution in [-0.4, -0.2) is 16.6 Å². The first kappa shape index (κ1) is 19.8. The molecule has 0 bridgehead atoms. The van der Waals surface area contributed by atoms with Crippen molar-refractivity contribution in [1.82, 2.24) is 0 Å². The molecule has 156 valence electrons. The summed E-state index contributed by atoms with van der Waals surface area (Å²) in [7, 11) is 0. The van der Waals surface area contributed by atoms with E-state index >= 15 is 0 Å². The third kappa shape index (κ3) is 3.08. The molecule has 1 atom stereocenters. The Morgan fingerprint density at radius 1 is 1.35 bits per heavy atom. The zero-order valence-electron chi connectivity index (χ0n) is 16.1. The average Bonchev–Trinajstić information content (AvgIpc) is 2.74. The summed E-state index contributed by atoms with van der Waals surface area (Å²) >= 11 is 0. The SMILES string of the molecule is CCOc1cc(C2C(C#N)=C(N)Oc3c2c(=O)oc2ccccc32)cc([N+](=O)[O-])c1O. The van der Waals surface area contributed by atoms with Gasteiger partial charge in [-0.05, 0) is 30.7 Å². The van der Waals surface area contributed by atoms with Gasteiger partial charge < -0.3 is 24.7 Å². The van der Waals surface area contributed by atoms with Crippen LogP contribution in [0.1, 0.15) is 24.0 Å². The van der Waals surface area contributed by atoms with Gasteiger partial charge in [-0.15, -0.1) is 0 Å². The Bertz CT molecular complexity index is 1370. The smallest absolute Gasteiger partial charge is 0.344 e. The quantitative estimate of drug-likeness (QED) is 0.366. The van der Waals surface area contributed by atoms with Crippen molar-refractivity contribution in [2.45, 2.75) is 12.8 Å². The number of ether oxygens (including phenoxy) is 2. The van der Waals surface area contributed by atoms with Gasteiger partial charge in [-0.1, -0.05) is 12.1 Å². The van der Waals surface area contributed by atoms with Crippen LogP contribution in [0.4, 0.5) is 5.69 Å². The molecule has 0 saturated carbocycles. The zero-order valence-corrected chi connectivity index (χ0v) is 16.1. The van der Waals surface area contributed by atoms with Gasteiger partial charge in [0.1, 0.15) is 17.2 Å². The van der Waals surface area contributed by atoms with Crippen LogP contribution < -0.4 is 20.8 Å². The number of nitrogens with zero attached hydrogens (tertiary/aromatic N) is 2. The second-order valence-corrected chi connectivity index (χ2v) is 6.63. The average molecular weight is 421 g/mol. The number of rotatable bonds is 4. The fraction of sp³-hybridized carbons (Fsp3) is 0.143. The Morgan fingerprint density at radius 3 is 2.77 bits per heavy atom. The van der Waals surface area contributed by atoms with Crippen molar-refractivity contribution in [1.29, 1.82) is 5.26 Å². The maximum atomic E-state index is 12.9. The van der Waals surface area contributed by atoms with E-state index in [0.29, 0.717) is 5.39 Å². The van der Waals surface area contributed by atoms with E-state index in [1.165, 1.54) is 6.07 Å². The standard InChI is InChI=1S/C21H15N3O7/c1-2-29-15-8-10(7-13(18(15)25)24(27)28)16-12(9-22)20(23)31-19-11-5-3-4-6-14(11)30-21(26)17(16)19/h3-8,16,25H,2,23H2,1H3. The van der Waals surface area contributed by atoms with E-state index in [-0.39, 0.29) is 46.3 Å². The normalized spacial score (nSPS) is 15.2. The molecule has 10 nitrogen and oxygen atoms in total. The Morgan fingerprint density at radius 2 is 2.10 bits per heavy atom. The van der Waals surface area contributed by atoms with Crippen molar-refractivity contribution in [3.05, 3.63) is 79.5 Å². The number of hydrogen-bond donors (Lipinski definition) is 2. The fourth-order valence-electron chi connectivity index (χ4n) is 3.58. The van der Waals surface area contributed by atoms with Crippen molar-refractivity contribution < 1.29 is 23.9 Å². The summed E-state index contributed by atoms with van der Waals surface area (Å²) < 4.78 is 16.3. The molecule has 0 spiro atoms. The van der Waals surface area contributed by atoms with E-state index in [9.17, 15) is 25.3 Å². The monoisotopic (exact) mass is 421 g/mol. The molecule has 1 aliphatic rings. The molecule has 2 aromatic carbocycles. The lowest BCUT2D eigenvalue weighted by molar-refractivity contribution is -0.386. The molecule has 3 aromatic rings. The summed E-state index contributed by atoms with van der Waals surface area (Å²) in [5.41, 5.74) is 4.79. The lowest BCUT2D eigenvalue weighted by Gasteiger charge is -2.26. The van der Waals surface area contributed by atoms with E-state index in [4.69, 9.17) is 19.6 Å². The number of phenolic OH excluding ortho intramolecular Hbond substituents is 1. The highest BCUT2D eigenvalue weighted by atomic mass is 16.6. The van der Waals surface area contributed by atoms with Gasteiger partial charge in [0, 0.05) is 6.07 Å². The van der Waals surface area contributed by atoms with Crippen molar-refractivity contribution in [3.8, 4) is 23.3 Å². The number of nitro groups is 1. The Labute approximate surface area is 174 Å². The lowest BCUT2D eigenvalue weighted by atomic mass is 9.83. The second kappa shape index (κ2) is 7.38. The van der Waals surface area contributed by atoms with E-state index in [1.807, 2.05) is 6.07 Å². The first-order valence-corrected chi connectivity index (χ1v) is 9.14. The van der Waals surface area contributed by atoms with Crippen molar-refractivity contribution in [3.63, 3.8) is 0 Å². The first-order valence-electron chi connectivity index (χ1n) is 9.14. The fourth-order valence-corrected chi connectivity index (χ4v) is 3.58. The number of nitro benzene ring substituents is 1.